The lowest BCUT2D eigenvalue weighted by molar-refractivity contribution is 0.840. The topological polar surface area (TPSA) is 42.5 Å². The van der Waals surface area contributed by atoms with Crippen molar-refractivity contribution in [3.05, 3.63) is 81.7 Å². The molecule has 2 heterocycles. The lowest BCUT2D eigenvalue weighted by atomic mass is 10.2. The van der Waals surface area contributed by atoms with E-state index in [2.05, 4.69) is 49.0 Å². The second-order valence-corrected chi connectivity index (χ2v) is 6.54. The molecule has 0 aliphatic heterocycles. The maximum Gasteiger partial charge on any atom is 0.206 e. The first-order valence-electron chi connectivity index (χ1n) is 7.31. The van der Waals surface area contributed by atoms with Gasteiger partial charge in [0.2, 0.25) is 4.80 Å². The van der Waals surface area contributed by atoms with Crippen molar-refractivity contribution in [2.24, 2.45) is 10.1 Å². The summed E-state index contributed by atoms with van der Waals surface area (Å²) < 4.78 is 2.88. The van der Waals surface area contributed by atoms with Gasteiger partial charge in [-0.2, -0.15) is 5.10 Å². The van der Waals surface area contributed by atoms with Gasteiger partial charge >= 0.3 is 0 Å². The second kappa shape index (κ2) is 7.99. The molecule has 24 heavy (non-hydrogen) atoms. The van der Waals surface area contributed by atoms with Crippen molar-refractivity contribution < 1.29 is 0 Å². The number of nitrogens with zero attached hydrogens (tertiary/aromatic N) is 4. The molecule has 2 aromatic heterocycles. The Bertz CT molecular complexity index is 925. The highest BCUT2D eigenvalue weighted by atomic mass is 79.9. The SMILES string of the molecule is C=CCN=c1scc(-c2ccccc2Br)n1N=Cc1ccncc1. The Hall–Kier alpha value is -2.31. The molecule has 0 spiro atoms. The van der Waals surface area contributed by atoms with Crippen LogP contribution in [0.1, 0.15) is 5.56 Å². The zero-order valence-electron chi connectivity index (χ0n) is 12.8. The van der Waals surface area contributed by atoms with E-state index in [-0.39, 0.29) is 0 Å². The van der Waals surface area contributed by atoms with Crippen LogP contribution >= 0.6 is 27.3 Å². The van der Waals surface area contributed by atoms with E-state index in [1.807, 2.05) is 41.2 Å². The zero-order chi connectivity index (χ0) is 16.8. The molecule has 3 aromatic rings. The predicted molar refractivity (Wildman–Crippen MR) is 103 cm³/mol. The van der Waals surface area contributed by atoms with E-state index in [9.17, 15) is 0 Å². The van der Waals surface area contributed by atoms with Crippen molar-refractivity contribution in [3.63, 3.8) is 0 Å². The molecule has 0 atom stereocenters. The molecule has 1 aromatic carbocycles. The molecule has 0 saturated carbocycles. The van der Waals surface area contributed by atoms with Crippen molar-refractivity contribution in [2.45, 2.75) is 0 Å². The van der Waals surface area contributed by atoms with Gasteiger partial charge in [-0.05, 0) is 23.8 Å². The third kappa shape index (κ3) is 3.77. The monoisotopic (exact) mass is 398 g/mol. The summed E-state index contributed by atoms with van der Waals surface area (Å²) in [7, 11) is 0. The quantitative estimate of drug-likeness (QED) is 0.465. The van der Waals surface area contributed by atoms with E-state index in [4.69, 9.17) is 0 Å². The van der Waals surface area contributed by atoms with E-state index in [1.165, 1.54) is 0 Å². The zero-order valence-corrected chi connectivity index (χ0v) is 15.2. The van der Waals surface area contributed by atoms with Gasteiger partial charge in [-0.1, -0.05) is 40.2 Å². The smallest absolute Gasteiger partial charge is 0.206 e. The van der Waals surface area contributed by atoms with Crippen LogP contribution in [0, 0.1) is 0 Å². The van der Waals surface area contributed by atoms with Gasteiger partial charge in [-0.15, -0.1) is 17.9 Å². The molecule has 0 radical (unpaired) electrons. The van der Waals surface area contributed by atoms with Crippen LogP contribution in [-0.4, -0.2) is 22.4 Å². The number of benzene rings is 1. The van der Waals surface area contributed by atoms with Crippen molar-refractivity contribution in [1.82, 2.24) is 9.66 Å². The van der Waals surface area contributed by atoms with Gasteiger partial charge in [0.15, 0.2) is 0 Å². The highest BCUT2D eigenvalue weighted by molar-refractivity contribution is 9.10. The number of pyridine rings is 1. The number of hydrogen-bond acceptors (Lipinski definition) is 4. The molecule has 3 rings (SSSR count). The van der Waals surface area contributed by atoms with E-state index in [0.717, 1.165) is 26.1 Å². The van der Waals surface area contributed by atoms with Crippen LogP contribution in [0.5, 0.6) is 0 Å². The van der Waals surface area contributed by atoms with Crippen LogP contribution in [0.4, 0.5) is 0 Å². The molecule has 0 unspecified atom stereocenters. The Morgan fingerprint density at radius 3 is 2.75 bits per heavy atom. The van der Waals surface area contributed by atoms with Gasteiger partial charge in [0, 0.05) is 27.8 Å². The lowest BCUT2D eigenvalue weighted by Gasteiger charge is -2.05. The van der Waals surface area contributed by atoms with E-state index >= 15 is 0 Å². The number of aromatic nitrogens is 2. The van der Waals surface area contributed by atoms with E-state index < -0.39 is 0 Å². The molecule has 0 aliphatic rings. The molecule has 120 valence electrons. The van der Waals surface area contributed by atoms with Crippen LogP contribution in [0.3, 0.4) is 0 Å². The van der Waals surface area contributed by atoms with Gasteiger partial charge in [0.05, 0.1) is 18.5 Å². The molecule has 0 N–H and O–H groups in total. The molecule has 4 nitrogen and oxygen atoms in total. The van der Waals surface area contributed by atoms with Crippen molar-refractivity contribution in [3.8, 4) is 11.3 Å². The second-order valence-electron chi connectivity index (χ2n) is 4.85. The summed E-state index contributed by atoms with van der Waals surface area (Å²) in [5.74, 6) is 0. The average Bonchev–Trinajstić information content (AvgIpc) is 3.02. The summed E-state index contributed by atoms with van der Waals surface area (Å²) >= 11 is 5.17. The standard InChI is InChI=1S/C18H15BrN4S/c1-2-9-21-18-23(22-12-14-7-10-20-11-8-14)17(13-24-18)15-5-3-4-6-16(15)19/h2-8,10-13H,1,9H2. The summed E-state index contributed by atoms with van der Waals surface area (Å²) in [5.41, 5.74) is 3.04. The fraction of sp³-hybridized carbons (Fsp3) is 0.0556. The fourth-order valence-electron chi connectivity index (χ4n) is 2.09. The summed E-state index contributed by atoms with van der Waals surface area (Å²) in [6, 6.07) is 11.9. The molecular weight excluding hydrogens is 384 g/mol. The molecule has 0 amide bonds. The Balaban J connectivity index is 2.11. The molecular formula is C18H15BrN4S. The minimum Gasteiger partial charge on any atom is -0.265 e. The normalized spacial score (nSPS) is 12.0. The summed E-state index contributed by atoms with van der Waals surface area (Å²) in [6.45, 7) is 4.28. The van der Waals surface area contributed by atoms with Gasteiger partial charge in [0.25, 0.3) is 0 Å². The third-order valence-electron chi connectivity index (χ3n) is 3.22. The highest BCUT2D eigenvalue weighted by Crippen LogP contribution is 2.28. The van der Waals surface area contributed by atoms with Crippen LogP contribution in [0.25, 0.3) is 11.3 Å². The minimum atomic E-state index is 0.556. The summed E-state index contributed by atoms with van der Waals surface area (Å²) in [6.07, 6.45) is 7.07. The van der Waals surface area contributed by atoms with Crippen LogP contribution in [0.15, 0.2) is 81.4 Å². The van der Waals surface area contributed by atoms with Crippen molar-refractivity contribution in [2.75, 3.05) is 6.54 Å². The third-order valence-corrected chi connectivity index (χ3v) is 4.76. The molecule has 0 bridgehead atoms. The first-order chi connectivity index (χ1) is 11.8. The molecule has 0 saturated heterocycles. The number of halogens is 1. The Morgan fingerprint density at radius 1 is 1.21 bits per heavy atom. The number of hydrogen-bond donors (Lipinski definition) is 0. The van der Waals surface area contributed by atoms with Crippen LogP contribution in [0.2, 0.25) is 0 Å². The Kier molecular flexibility index (Phi) is 5.51. The average molecular weight is 399 g/mol. The molecule has 6 heteroatoms. The van der Waals surface area contributed by atoms with E-state index in [1.54, 1.807) is 29.8 Å². The summed E-state index contributed by atoms with van der Waals surface area (Å²) in [5, 5.41) is 6.69. The van der Waals surface area contributed by atoms with Crippen LogP contribution < -0.4 is 4.80 Å². The fourth-order valence-corrected chi connectivity index (χ4v) is 3.42. The van der Waals surface area contributed by atoms with Gasteiger partial charge in [-0.25, -0.2) is 4.68 Å². The van der Waals surface area contributed by atoms with Crippen molar-refractivity contribution >= 4 is 33.5 Å². The van der Waals surface area contributed by atoms with Gasteiger partial charge < -0.3 is 0 Å². The first-order valence-corrected chi connectivity index (χ1v) is 8.98. The van der Waals surface area contributed by atoms with Gasteiger partial charge in [-0.3, -0.25) is 9.98 Å². The largest absolute Gasteiger partial charge is 0.265 e. The lowest BCUT2D eigenvalue weighted by Crippen LogP contribution is -2.12. The maximum atomic E-state index is 4.63. The van der Waals surface area contributed by atoms with Crippen molar-refractivity contribution in [1.29, 1.82) is 0 Å². The molecule has 0 aliphatic carbocycles. The molecule has 0 fully saturated rings. The van der Waals surface area contributed by atoms with Gasteiger partial charge in [0.1, 0.15) is 0 Å². The first kappa shape index (κ1) is 16.5. The van der Waals surface area contributed by atoms with Crippen LogP contribution in [-0.2, 0) is 0 Å². The number of thiazole rings is 1. The Morgan fingerprint density at radius 2 is 2.00 bits per heavy atom. The predicted octanol–water partition coefficient (Wildman–Crippen LogP) is 4.34. The summed E-state index contributed by atoms with van der Waals surface area (Å²) in [4.78, 5) is 9.38. The highest BCUT2D eigenvalue weighted by Gasteiger charge is 2.09. The number of rotatable bonds is 5. The Labute approximate surface area is 152 Å². The maximum absolute atomic E-state index is 4.63. The minimum absolute atomic E-state index is 0.556. The van der Waals surface area contributed by atoms with E-state index in [0.29, 0.717) is 6.54 Å².